The normalized spacial score (nSPS) is 10.8. The molecule has 0 fully saturated rings. The zero-order valence-electron chi connectivity index (χ0n) is 11.9. The Balaban J connectivity index is 1.99. The lowest BCUT2D eigenvalue weighted by molar-refractivity contribution is 0.352. The quantitative estimate of drug-likeness (QED) is 0.792. The van der Waals surface area contributed by atoms with Crippen molar-refractivity contribution in [3.63, 3.8) is 0 Å². The summed E-state index contributed by atoms with van der Waals surface area (Å²) in [5, 5.41) is 10.3. The Morgan fingerprint density at radius 1 is 1.00 bits per heavy atom. The van der Waals surface area contributed by atoms with Gasteiger partial charge in [-0.3, -0.25) is 0 Å². The largest absolute Gasteiger partial charge is 0.508 e. The lowest BCUT2D eigenvalue weighted by atomic mass is 10.1. The van der Waals surface area contributed by atoms with Gasteiger partial charge in [0.15, 0.2) is 11.3 Å². The summed E-state index contributed by atoms with van der Waals surface area (Å²) in [7, 11) is 3.20. The molecule has 0 bridgehead atoms. The molecule has 0 aliphatic carbocycles. The zero-order valence-corrected chi connectivity index (χ0v) is 11.9. The third-order valence-corrected chi connectivity index (χ3v) is 3.39. The number of benzene rings is 2. The molecule has 1 N–H and O–H groups in total. The molecule has 0 unspecified atom stereocenters. The first-order valence-corrected chi connectivity index (χ1v) is 6.62. The van der Waals surface area contributed by atoms with Gasteiger partial charge in [0.2, 0.25) is 5.75 Å². The lowest BCUT2D eigenvalue weighted by Gasteiger charge is -2.06. The highest BCUT2D eigenvalue weighted by molar-refractivity contribution is 5.86. The summed E-state index contributed by atoms with van der Waals surface area (Å²) in [6, 6.07) is 12.9. The van der Waals surface area contributed by atoms with Crippen molar-refractivity contribution in [3.8, 4) is 17.2 Å². The Kier molecular flexibility index (Phi) is 3.44. The number of rotatable bonds is 4. The molecule has 1 heterocycles. The van der Waals surface area contributed by atoms with Gasteiger partial charge in [-0.25, -0.2) is 0 Å². The van der Waals surface area contributed by atoms with E-state index in [1.54, 1.807) is 26.4 Å². The SMILES string of the molecule is COc1ccc2cc(Cc3ccc(O)cc3)oc2c1OC. The van der Waals surface area contributed by atoms with Gasteiger partial charge in [0, 0.05) is 11.8 Å². The van der Waals surface area contributed by atoms with Crippen molar-refractivity contribution in [1.82, 2.24) is 0 Å². The molecule has 108 valence electrons. The van der Waals surface area contributed by atoms with Crippen LogP contribution in [0.15, 0.2) is 46.9 Å². The highest BCUT2D eigenvalue weighted by atomic mass is 16.5. The van der Waals surface area contributed by atoms with E-state index in [-0.39, 0.29) is 5.75 Å². The Hall–Kier alpha value is -2.62. The van der Waals surface area contributed by atoms with E-state index < -0.39 is 0 Å². The van der Waals surface area contributed by atoms with E-state index >= 15 is 0 Å². The average Bonchev–Trinajstić information content (AvgIpc) is 2.90. The van der Waals surface area contributed by atoms with Crippen molar-refractivity contribution in [2.24, 2.45) is 0 Å². The van der Waals surface area contributed by atoms with Gasteiger partial charge in [0.05, 0.1) is 14.2 Å². The van der Waals surface area contributed by atoms with Crippen LogP contribution in [0.5, 0.6) is 17.2 Å². The number of furan rings is 1. The number of methoxy groups -OCH3 is 2. The monoisotopic (exact) mass is 284 g/mol. The molecule has 4 nitrogen and oxygen atoms in total. The van der Waals surface area contributed by atoms with E-state index in [4.69, 9.17) is 13.9 Å². The van der Waals surface area contributed by atoms with Crippen LogP contribution < -0.4 is 9.47 Å². The molecule has 21 heavy (non-hydrogen) atoms. The van der Waals surface area contributed by atoms with E-state index in [9.17, 15) is 5.11 Å². The van der Waals surface area contributed by atoms with Gasteiger partial charge in [-0.1, -0.05) is 12.1 Å². The molecule has 0 amide bonds. The Labute approximate surface area is 122 Å². The van der Waals surface area contributed by atoms with Crippen LogP contribution in [0.4, 0.5) is 0 Å². The van der Waals surface area contributed by atoms with E-state index in [0.29, 0.717) is 23.5 Å². The summed E-state index contributed by atoms with van der Waals surface area (Å²) in [4.78, 5) is 0. The maximum Gasteiger partial charge on any atom is 0.204 e. The van der Waals surface area contributed by atoms with Crippen molar-refractivity contribution in [1.29, 1.82) is 0 Å². The molecular weight excluding hydrogens is 268 g/mol. The van der Waals surface area contributed by atoms with E-state index in [1.807, 2.05) is 30.3 Å². The lowest BCUT2D eigenvalue weighted by Crippen LogP contribution is -1.90. The number of fused-ring (bicyclic) bond motifs is 1. The fraction of sp³-hybridized carbons (Fsp3) is 0.176. The number of hydrogen-bond acceptors (Lipinski definition) is 4. The first kappa shape index (κ1) is 13.4. The maximum absolute atomic E-state index is 9.31. The molecule has 0 aliphatic rings. The number of aromatic hydroxyl groups is 1. The first-order chi connectivity index (χ1) is 10.2. The summed E-state index contributed by atoms with van der Waals surface area (Å²) in [5.41, 5.74) is 1.75. The highest BCUT2D eigenvalue weighted by Crippen LogP contribution is 2.37. The second-order valence-electron chi connectivity index (χ2n) is 4.78. The van der Waals surface area contributed by atoms with Crippen molar-refractivity contribution >= 4 is 11.0 Å². The minimum absolute atomic E-state index is 0.259. The number of phenols is 1. The van der Waals surface area contributed by atoms with Crippen molar-refractivity contribution in [2.75, 3.05) is 14.2 Å². The van der Waals surface area contributed by atoms with Crippen LogP contribution in [0.2, 0.25) is 0 Å². The van der Waals surface area contributed by atoms with Crippen molar-refractivity contribution < 1.29 is 19.0 Å². The van der Waals surface area contributed by atoms with Crippen molar-refractivity contribution in [3.05, 3.63) is 53.8 Å². The molecule has 0 spiro atoms. The van der Waals surface area contributed by atoms with Crippen LogP contribution in [-0.2, 0) is 6.42 Å². The zero-order chi connectivity index (χ0) is 14.8. The summed E-state index contributed by atoms with van der Waals surface area (Å²) in [6.45, 7) is 0. The minimum Gasteiger partial charge on any atom is -0.508 e. The van der Waals surface area contributed by atoms with Gasteiger partial charge < -0.3 is 19.0 Å². The Morgan fingerprint density at radius 2 is 1.76 bits per heavy atom. The molecule has 3 rings (SSSR count). The molecular formula is C17H16O4. The molecule has 0 saturated heterocycles. The van der Waals surface area contributed by atoms with Gasteiger partial charge in [-0.05, 0) is 35.9 Å². The minimum atomic E-state index is 0.259. The molecule has 0 saturated carbocycles. The van der Waals surface area contributed by atoms with Crippen LogP contribution in [0.1, 0.15) is 11.3 Å². The predicted octanol–water partition coefficient (Wildman–Crippen LogP) is 3.75. The van der Waals surface area contributed by atoms with Gasteiger partial charge in [-0.2, -0.15) is 0 Å². The molecule has 2 aromatic carbocycles. The third kappa shape index (κ3) is 2.52. The standard InChI is InChI=1S/C17H16O4/c1-19-15-8-5-12-10-14(21-16(12)17(15)20-2)9-11-3-6-13(18)7-4-11/h3-8,10,18H,9H2,1-2H3. The summed E-state index contributed by atoms with van der Waals surface area (Å²) >= 11 is 0. The highest BCUT2D eigenvalue weighted by Gasteiger charge is 2.14. The molecule has 3 aromatic rings. The van der Waals surface area contributed by atoms with E-state index in [0.717, 1.165) is 16.7 Å². The number of hydrogen-bond donors (Lipinski definition) is 1. The number of ether oxygens (including phenoxy) is 2. The summed E-state index contributed by atoms with van der Waals surface area (Å²) in [5.74, 6) is 2.35. The predicted molar refractivity (Wildman–Crippen MR) is 80.2 cm³/mol. The second-order valence-corrected chi connectivity index (χ2v) is 4.78. The van der Waals surface area contributed by atoms with Crippen molar-refractivity contribution in [2.45, 2.75) is 6.42 Å². The Morgan fingerprint density at radius 3 is 2.43 bits per heavy atom. The van der Waals surface area contributed by atoms with Gasteiger partial charge in [-0.15, -0.1) is 0 Å². The maximum atomic E-state index is 9.31. The number of phenolic OH excluding ortho intramolecular Hbond substituents is 1. The molecule has 1 aromatic heterocycles. The van der Waals surface area contributed by atoms with Gasteiger partial charge in [0.25, 0.3) is 0 Å². The van der Waals surface area contributed by atoms with Crippen LogP contribution in [-0.4, -0.2) is 19.3 Å². The van der Waals surface area contributed by atoms with Crippen LogP contribution >= 0.6 is 0 Å². The third-order valence-electron chi connectivity index (χ3n) is 3.39. The van der Waals surface area contributed by atoms with Crippen LogP contribution in [0.3, 0.4) is 0 Å². The Bertz CT molecular complexity index is 756. The molecule has 4 heteroatoms. The fourth-order valence-electron chi connectivity index (χ4n) is 2.37. The van der Waals surface area contributed by atoms with Crippen LogP contribution in [0.25, 0.3) is 11.0 Å². The topological polar surface area (TPSA) is 51.8 Å². The van der Waals surface area contributed by atoms with E-state index in [2.05, 4.69) is 0 Å². The van der Waals surface area contributed by atoms with Gasteiger partial charge >= 0.3 is 0 Å². The molecule has 0 aliphatic heterocycles. The molecule has 0 radical (unpaired) electrons. The average molecular weight is 284 g/mol. The summed E-state index contributed by atoms with van der Waals surface area (Å²) < 4.78 is 16.5. The smallest absolute Gasteiger partial charge is 0.204 e. The van der Waals surface area contributed by atoms with Crippen LogP contribution in [0, 0.1) is 0 Å². The molecule has 0 atom stereocenters. The summed E-state index contributed by atoms with van der Waals surface area (Å²) in [6.07, 6.45) is 0.653. The van der Waals surface area contributed by atoms with Gasteiger partial charge in [0.1, 0.15) is 11.5 Å². The second kappa shape index (κ2) is 5.40. The first-order valence-electron chi connectivity index (χ1n) is 6.62. The fourth-order valence-corrected chi connectivity index (χ4v) is 2.37. The van der Waals surface area contributed by atoms with E-state index in [1.165, 1.54) is 0 Å².